The standard InChI is InChI=1S/C6H12O5/c1-2(7)5-3(8)4(9)6(10)11-5/h2-10H,1H3/t2?,3-,4+,5?,6?/m0/s1. The summed E-state index contributed by atoms with van der Waals surface area (Å²) in [5, 5.41) is 35.8. The SMILES string of the molecule is CC(O)C1OC(O)[C@H](O)[C@@H]1O. The number of aliphatic hydroxyl groups is 4. The molecule has 0 radical (unpaired) electrons. The van der Waals surface area contributed by atoms with Gasteiger partial charge in [0.05, 0.1) is 6.10 Å². The van der Waals surface area contributed by atoms with E-state index in [9.17, 15) is 0 Å². The molecule has 1 aliphatic rings. The van der Waals surface area contributed by atoms with E-state index in [4.69, 9.17) is 20.4 Å². The van der Waals surface area contributed by atoms with E-state index < -0.39 is 30.7 Å². The van der Waals surface area contributed by atoms with E-state index in [0.717, 1.165) is 0 Å². The van der Waals surface area contributed by atoms with Gasteiger partial charge in [-0.05, 0) is 6.92 Å². The fourth-order valence-electron chi connectivity index (χ4n) is 1.08. The van der Waals surface area contributed by atoms with Crippen LogP contribution in [0.1, 0.15) is 6.92 Å². The predicted molar refractivity (Wildman–Crippen MR) is 34.6 cm³/mol. The van der Waals surface area contributed by atoms with Gasteiger partial charge in [-0.15, -0.1) is 0 Å². The van der Waals surface area contributed by atoms with Gasteiger partial charge < -0.3 is 25.2 Å². The first-order valence-corrected chi connectivity index (χ1v) is 3.41. The minimum Gasteiger partial charge on any atom is -0.391 e. The summed E-state index contributed by atoms with van der Waals surface area (Å²) in [5.41, 5.74) is 0. The lowest BCUT2D eigenvalue weighted by molar-refractivity contribution is -0.143. The normalized spacial score (nSPS) is 47.7. The molecule has 66 valence electrons. The van der Waals surface area contributed by atoms with Crippen LogP contribution in [0, 0.1) is 0 Å². The van der Waals surface area contributed by atoms with Gasteiger partial charge in [-0.25, -0.2) is 0 Å². The van der Waals surface area contributed by atoms with Crippen LogP contribution in [0.3, 0.4) is 0 Å². The van der Waals surface area contributed by atoms with Crippen molar-refractivity contribution in [3.8, 4) is 0 Å². The molecule has 0 saturated carbocycles. The molecule has 0 aliphatic carbocycles. The van der Waals surface area contributed by atoms with Crippen LogP contribution >= 0.6 is 0 Å². The van der Waals surface area contributed by atoms with Crippen LogP contribution in [0.5, 0.6) is 0 Å². The second-order valence-corrected chi connectivity index (χ2v) is 2.71. The van der Waals surface area contributed by atoms with Crippen molar-refractivity contribution in [3.63, 3.8) is 0 Å². The summed E-state index contributed by atoms with van der Waals surface area (Å²) in [6.07, 6.45) is -5.75. The van der Waals surface area contributed by atoms with Crippen molar-refractivity contribution in [1.82, 2.24) is 0 Å². The first kappa shape index (κ1) is 8.89. The van der Waals surface area contributed by atoms with Crippen molar-refractivity contribution in [1.29, 1.82) is 0 Å². The molecule has 0 amide bonds. The zero-order chi connectivity index (χ0) is 8.59. The molecular weight excluding hydrogens is 152 g/mol. The molecule has 0 aromatic heterocycles. The lowest BCUT2D eigenvalue weighted by atomic mass is 10.1. The van der Waals surface area contributed by atoms with Crippen molar-refractivity contribution in [3.05, 3.63) is 0 Å². The van der Waals surface area contributed by atoms with Crippen LogP contribution < -0.4 is 0 Å². The molecule has 0 spiro atoms. The van der Waals surface area contributed by atoms with E-state index >= 15 is 0 Å². The molecule has 1 fully saturated rings. The van der Waals surface area contributed by atoms with Crippen LogP contribution in [0.2, 0.25) is 0 Å². The van der Waals surface area contributed by atoms with Gasteiger partial charge in [0, 0.05) is 0 Å². The third-order valence-electron chi connectivity index (χ3n) is 1.75. The maximum Gasteiger partial charge on any atom is 0.184 e. The fourth-order valence-corrected chi connectivity index (χ4v) is 1.08. The first-order valence-electron chi connectivity index (χ1n) is 3.41. The Morgan fingerprint density at radius 3 is 1.91 bits per heavy atom. The minimum atomic E-state index is -1.40. The molecule has 1 aliphatic heterocycles. The van der Waals surface area contributed by atoms with Gasteiger partial charge in [0.25, 0.3) is 0 Å². The monoisotopic (exact) mass is 164 g/mol. The largest absolute Gasteiger partial charge is 0.391 e. The number of ether oxygens (including phenoxy) is 1. The highest BCUT2D eigenvalue weighted by atomic mass is 16.6. The van der Waals surface area contributed by atoms with Crippen molar-refractivity contribution in [2.75, 3.05) is 0 Å². The summed E-state index contributed by atoms with van der Waals surface area (Å²) in [7, 11) is 0. The third kappa shape index (κ3) is 1.52. The number of rotatable bonds is 1. The maximum atomic E-state index is 9.10. The van der Waals surface area contributed by atoms with Gasteiger partial charge in [0.15, 0.2) is 6.29 Å². The lowest BCUT2D eigenvalue weighted by Crippen LogP contribution is -2.37. The van der Waals surface area contributed by atoms with E-state index in [1.54, 1.807) is 0 Å². The highest BCUT2D eigenvalue weighted by molar-refractivity contribution is 4.88. The minimum absolute atomic E-state index is 0.903. The van der Waals surface area contributed by atoms with Crippen LogP contribution in [0.4, 0.5) is 0 Å². The Balaban J connectivity index is 2.59. The Morgan fingerprint density at radius 2 is 1.73 bits per heavy atom. The zero-order valence-electron chi connectivity index (χ0n) is 6.08. The Kier molecular flexibility index (Phi) is 2.46. The Morgan fingerprint density at radius 1 is 1.18 bits per heavy atom. The van der Waals surface area contributed by atoms with Gasteiger partial charge in [-0.1, -0.05) is 0 Å². The second kappa shape index (κ2) is 3.04. The number of hydrogen-bond donors (Lipinski definition) is 4. The first-order chi connectivity index (χ1) is 5.04. The smallest absolute Gasteiger partial charge is 0.184 e. The zero-order valence-corrected chi connectivity index (χ0v) is 6.08. The Labute approximate surface area is 63.8 Å². The topological polar surface area (TPSA) is 90.2 Å². The Bertz CT molecular complexity index is 137. The number of aliphatic hydroxyl groups excluding tert-OH is 4. The summed E-state index contributed by atoms with van der Waals surface area (Å²) in [4.78, 5) is 0. The summed E-state index contributed by atoms with van der Waals surface area (Å²) < 4.78 is 4.65. The molecule has 1 rings (SSSR count). The summed E-state index contributed by atoms with van der Waals surface area (Å²) in [6.45, 7) is 1.42. The summed E-state index contributed by atoms with van der Waals surface area (Å²) in [6, 6.07) is 0. The van der Waals surface area contributed by atoms with E-state index in [2.05, 4.69) is 4.74 Å². The molecule has 0 bridgehead atoms. The summed E-state index contributed by atoms with van der Waals surface area (Å²) in [5.74, 6) is 0. The molecule has 5 heteroatoms. The highest BCUT2D eigenvalue weighted by Gasteiger charge is 2.43. The second-order valence-electron chi connectivity index (χ2n) is 2.71. The molecule has 0 aromatic carbocycles. The van der Waals surface area contributed by atoms with E-state index in [1.807, 2.05) is 0 Å². The van der Waals surface area contributed by atoms with Gasteiger partial charge >= 0.3 is 0 Å². The van der Waals surface area contributed by atoms with Crippen LogP contribution in [-0.2, 0) is 4.74 Å². The van der Waals surface area contributed by atoms with Gasteiger partial charge in [0.2, 0.25) is 0 Å². The molecular formula is C6H12O5. The molecule has 11 heavy (non-hydrogen) atoms. The molecule has 4 N–H and O–H groups in total. The highest BCUT2D eigenvalue weighted by Crippen LogP contribution is 2.21. The lowest BCUT2D eigenvalue weighted by Gasteiger charge is -2.16. The van der Waals surface area contributed by atoms with Crippen molar-refractivity contribution in [2.24, 2.45) is 0 Å². The third-order valence-corrected chi connectivity index (χ3v) is 1.75. The van der Waals surface area contributed by atoms with E-state index in [1.165, 1.54) is 6.92 Å². The molecule has 3 unspecified atom stereocenters. The van der Waals surface area contributed by atoms with Crippen LogP contribution in [0.15, 0.2) is 0 Å². The maximum absolute atomic E-state index is 9.10. The molecule has 1 heterocycles. The molecule has 1 saturated heterocycles. The Hall–Kier alpha value is -0.200. The van der Waals surface area contributed by atoms with Crippen molar-refractivity contribution < 1.29 is 25.2 Å². The molecule has 5 nitrogen and oxygen atoms in total. The van der Waals surface area contributed by atoms with Crippen LogP contribution in [-0.4, -0.2) is 51.1 Å². The molecule has 5 atom stereocenters. The fraction of sp³-hybridized carbons (Fsp3) is 1.00. The predicted octanol–water partition coefficient (Wildman–Crippen LogP) is -2.19. The van der Waals surface area contributed by atoms with Crippen molar-refractivity contribution >= 4 is 0 Å². The van der Waals surface area contributed by atoms with Gasteiger partial charge in [-0.3, -0.25) is 0 Å². The van der Waals surface area contributed by atoms with Gasteiger partial charge in [0.1, 0.15) is 18.3 Å². The average molecular weight is 164 g/mol. The van der Waals surface area contributed by atoms with Crippen molar-refractivity contribution in [2.45, 2.75) is 37.6 Å². The summed E-state index contributed by atoms with van der Waals surface area (Å²) >= 11 is 0. The van der Waals surface area contributed by atoms with Gasteiger partial charge in [-0.2, -0.15) is 0 Å². The quantitative estimate of drug-likeness (QED) is 0.353. The average Bonchev–Trinajstić information content (AvgIpc) is 2.17. The number of hydrogen-bond acceptors (Lipinski definition) is 5. The van der Waals surface area contributed by atoms with E-state index in [0.29, 0.717) is 0 Å². The van der Waals surface area contributed by atoms with E-state index in [-0.39, 0.29) is 0 Å². The van der Waals surface area contributed by atoms with Crippen LogP contribution in [0.25, 0.3) is 0 Å². The molecule has 0 aromatic rings.